The van der Waals surface area contributed by atoms with Gasteiger partial charge in [0.25, 0.3) is 0 Å². The first-order valence-corrected chi connectivity index (χ1v) is 16.6. The van der Waals surface area contributed by atoms with E-state index in [0.717, 1.165) is 0 Å². The first kappa shape index (κ1) is 25.7. The molecule has 0 spiro atoms. The van der Waals surface area contributed by atoms with Crippen LogP contribution in [0, 0.1) is 0 Å². The van der Waals surface area contributed by atoms with Gasteiger partial charge in [-0.05, 0) is 92.0 Å². The maximum absolute atomic E-state index is 2.42. The number of hydrogen-bond acceptors (Lipinski definition) is 1. The maximum Gasteiger partial charge on any atom is 0.0547 e. The molecule has 1 aromatic heterocycles. The fraction of sp³-hybridized carbons (Fsp3) is 0. The molecule has 0 amide bonds. The highest BCUT2D eigenvalue weighted by Crippen LogP contribution is 2.49. The molecule has 0 bridgehead atoms. The molecule has 10 rings (SSSR count). The maximum atomic E-state index is 2.42. The highest BCUT2D eigenvalue weighted by atomic mass is 32.2. The Morgan fingerprint density at radius 1 is 0.370 bits per heavy atom. The summed E-state index contributed by atoms with van der Waals surface area (Å²) in [4.78, 5) is 2.66. The van der Waals surface area contributed by atoms with Gasteiger partial charge in [-0.15, -0.1) is 0 Å². The fourth-order valence-electron chi connectivity index (χ4n) is 7.41. The van der Waals surface area contributed by atoms with E-state index < -0.39 is 0 Å². The molecule has 0 saturated carbocycles. The summed E-state index contributed by atoms with van der Waals surface area (Å²) in [6.07, 6.45) is 0. The Morgan fingerprint density at radius 2 is 1.07 bits per heavy atom. The third-order valence-electron chi connectivity index (χ3n) is 9.58. The summed E-state index contributed by atoms with van der Waals surface area (Å²) >= 11 is 1.88. The second kappa shape index (κ2) is 9.97. The van der Waals surface area contributed by atoms with Crippen LogP contribution in [0.2, 0.25) is 0 Å². The zero-order valence-corrected chi connectivity index (χ0v) is 25.8. The summed E-state index contributed by atoms with van der Waals surface area (Å²) in [6, 6.07) is 60.2. The zero-order chi connectivity index (χ0) is 30.2. The zero-order valence-electron chi connectivity index (χ0n) is 24.9. The van der Waals surface area contributed by atoms with Crippen molar-refractivity contribution >= 4 is 55.1 Å². The van der Waals surface area contributed by atoms with Gasteiger partial charge in [0, 0.05) is 31.6 Å². The van der Waals surface area contributed by atoms with Crippen molar-refractivity contribution in [3.8, 4) is 39.1 Å². The quantitative estimate of drug-likeness (QED) is 0.195. The molecule has 2 heteroatoms. The third kappa shape index (κ3) is 3.84. The van der Waals surface area contributed by atoms with Gasteiger partial charge in [-0.25, -0.2) is 0 Å². The Kier molecular flexibility index (Phi) is 5.58. The molecule has 8 aromatic carbocycles. The first-order valence-electron chi connectivity index (χ1n) is 15.8. The monoisotopic (exact) mass is 601 g/mol. The van der Waals surface area contributed by atoms with E-state index in [2.05, 4.69) is 168 Å². The lowest BCUT2D eigenvalue weighted by Gasteiger charge is -2.21. The van der Waals surface area contributed by atoms with Gasteiger partial charge in [-0.1, -0.05) is 133 Å². The van der Waals surface area contributed by atoms with Crippen LogP contribution in [0.25, 0.3) is 82.4 Å². The van der Waals surface area contributed by atoms with Gasteiger partial charge in [-0.2, -0.15) is 0 Å². The number of benzene rings is 8. The number of hydrogen-bond donors (Lipinski definition) is 0. The van der Waals surface area contributed by atoms with Crippen LogP contribution in [0.1, 0.15) is 0 Å². The predicted octanol–water partition coefficient (Wildman–Crippen LogP) is 12.6. The third-order valence-corrected chi connectivity index (χ3v) is 10.7. The van der Waals surface area contributed by atoms with Crippen molar-refractivity contribution < 1.29 is 0 Å². The van der Waals surface area contributed by atoms with E-state index in [1.165, 1.54) is 92.2 Å². The fourth-order valence-corrected chi connectivity index (χ4v) is 8.54. The molecule has 46 heavy (non-hydrogen) atoms. The lowest BCUT2D eigenvalue weighted by molar-refractivity contribution is 1.18. The van der Waals surface area contributed by atoms with Gasteiger partial charge in [0.1, 0.15) is 0 Å². The van der Waals surface area contributed by atoms with Crippen LogP contribution in [0.15, 0.2) is 174 Å². The van der Waals surface area contributed by atoms with E-state index in [4.69, 9.17) is 0 Å². The summed E-state index contributed by atoms with van der Waals surface area (Å²) in [5, 5.41) is 7.75. The predicted molar refractivity (Wildman–Crippen MR) is 196 cm³/mol. The van der Waals surface area contributed by atoms with Crippen molar-refractivity contribution in [3.05, 3.63) is 164 Å². The summed E-state index contributed by atoms with van der Waals surface area (Å²) in [5.74, 6) is 0. The van der Waals surface area contributed by atoms with Gasteiger partial charge in [-0.3, -0.25) is 0 Å². The summed E-state index contributed by atoms with van der Waals surface area (Å²) in [7, 11) is 0. The molecule has 0 N–H and O–H groups in total. The van der Waals surface area contributed by atoms with Crippen LogP contribution in [-0.4, -0.2) is 4.57 Å². The van der Waals surface area contributed by atoms with Gasteiger partial charge >= 0.3 is 0 Å². The van der Waals surface area contributed by atoms with Crippen LogP contribution in [0.5, 0.6) is 0 Å². The molecule has 0 saturated heterocycles. The largest absolute Gasteiger partial charge is 0.309 e. The van der Waals surface area contributed by atoms with Gasteiger partial charge in [0.15, 0.2) is 0 Å². The molecule has 0 radical (unpaired) electrons. The van der Waals surface area contributed by atoms with E-state index in [0.29, 0.717) is 0 Å². The molecule has 1 nitrogen and oxygen atoms in total. The van der Waals surface area contributed by atoms with Gasteiger partial charge in [0.2, 0.25) is 0 Å². The Hall–Kier alpha value is -5.57. The normalized spacial score (nSPS) is 12.3. The molecule has 0 fully saturated rings. The van der Waals surface area contributed by atoms with Gasteiger partial charge < -0.3 is 4.57 Å². The summed E-state index contributed by atoms with van der Waals surface area (Å²) in [5.41, 5.74) is 11.2. The Balaban J connectivity index is 1.11. The Labute approximate surface area is 271 Å². The minimum atomic E-state index is 1.17. The number of nitrogens with zero attached hydrogens (tertiary/aromatic N) is 1. The lowest BCUT2D eigenvalue weighted by atomic mass is 9.92. The summed E-state index contributed by atoms with van der Waals surface area (Å²) in [6.45, 7) is 0. The highest BCUT2D eigenvalue weighted by Gasteiger charge is 2.20. The molecule has 9 aromatic rings. The topological polar surface area (TPSA) is 4.93 Å². The van der Waals surface area contributed by atoms with E-state index in [1.54, 1.807) is 0 Å². The van der Waals surface area contributed by atoms with E-state index in [-0.39, 0.29) is 0 Å². The molecule has 2 heterocycles. The van der Waals surface area contributed by atoms with Crippen molar-refractivity contribution in [3.63, 3.8) is 0 Å². The average Bonchev–Trinajstić information content (AvgIpc) is 3.43. The molecule has 1 aliphatic rings. The molecular weight excluding hydrogens is 575 g/mol. The van der Waals surface area contributed by atoms with Crippen molar-refractivity contribution in [2.24, 2.45) is 0 Å². The summed E-state index contributed by atoms with van der Waals surface area (Å²) < 4.78 is 2.42. The Morgan fingerprint density at radius 3 is 1.93 bits per heavy atom. The number of fused-ring (bicyclic) bond motifs is 6. The van der Waals surface area contributed by atoms with Gasteiger partial charge in [0.05, 0.1) is 11.0 Å². The standard InChI is InChI=1S/C44H27NS/c1-2-11-33(12-3-1)45-40-27-32(21-22-35(40)39-25-30-9-4-5-10-31(30)26-41(39)45)28-17-19-29(20-18-28)34-23-24-43-44-37(34)14-8-15-38(44)36-13-6-7-16-42(36)46-43/h1-27H. The SMILES string of the molecule is c1ccc(-n2c3cc(-c4ccc(-c5ccc6c7c(cccc57)-c5ccccc5S6)cc4)ccc3c3cc4ccccc4cc32)cc1. The van der Waals surface area contributed by atoms with E-state index >= 15 is 0 Å². The number of para-hydroxylation sites is 1. The van der Waals surface area contributed by atoms with E-state index in [9.17, 15) is 0 Å². The van der Waals surface area contributed by atoms with Crippen LogP contribution in [-0.2, 0) is 0 Å². The Bertz CT molecular complexity index is 2650. The minimum absolute atomic E-state index is 1.17. The van der Waals surface area contributed by atoms with Crippen molar-refractivity contribution in [1.29, 1.82) is 0 Å². The molecule has 1 aliphatic heterocycles. The molecule has 0 unspecified atom stereocenters. The molecule has 0 atom stereocenters. The molecule has 214 valence electrons. The minimum Gasteiger partial charge on any atom is -0.309 e. The average molecular weight is 602 g/mol. The lowest BCUT2D eigenvalue weighted by Crippen LogP contribution is -1.94. The second-order valence-electron chi connectivity index (χ2n) is 12.1. The van der Waals surface area contributed by atoms with Crippen LogP contribution in [0.4, 0.5) is 0 Å². The molecule has 0 aliphatic carbocycles. The number of rotatable bonds is 3. The van der Waals surface area contributed by atoms with Crippen LogP contribution < -0.4 is 0 Å². The van der Waals surface area contributed by atoms with Crippen molar-refractivity contribution in [2.75, 3.05) is 0 Å². The van der Waals surface area contributed by atoms with Crippen LogP contribution in [0.3, 0.4) is 0 Å². The van der Waals surface area contributed by atoms with E-state index in [1.807, 2.05) is 11.8 Å². The highest BCUT2D eigenvalue weighted by molar-refractivity contribution is 7.99. The smallest absolute Gasteiger partial charge is 0.0547 e. The van der Waals surface area contributed by atoms with Crippen molar-refractivity contribution in [2.45, 2.75) is 9.79 Å². The first-order chi connectivity index (χ1) is 22.8. The second-order valence-corrected chi connectivity index (χ2v) is 13.2. The van der Waals surface area contributed by atoms with Crippen molar-refractivity contribution in [1.82, 2.24) is 4.57 Å². The van der Waals surface area contributed by atoms with Crippen LogP contribution >= 0.6 is 11.8 Å². The number of aromatic nitrogens is 1. The molecular formula is C44H27NS.